The maximum absolute atomic E-state index is 12.7. The van der Waals surface area contributed by atoms with Crippen LogP contribution >= 0.6 is 23.2 Å². The summed E-state index contributed by atoms with van der Waals surface area (Å²) in [6, 6.07) is 10.0. The Morgan fingerprint density at radius 3 is 2.52 bits per heavy atom. The second kappa shape index (κ2) is 8.34. The molecule has 7 heteroatoms. The van der Waals surface area contributed by atoms with Gasteiger partial charge in [-0.25, -0.2) is 0 Å². The van der Waals surface area contributed by atoms with Crippen LogP contribution < -0.4 is 16.8 Å². The third-order valence-corrected chi connectivity index (χ3v) is 4.57. The third-order valence-electron chi connectivity index (χ3n) is 3.83. The lowest BCUT2D eigenvalue weighted by atomic mass is 9.94. The Bertz CT molecular complexity index is 808. The van der Waals surface area contributed by atoms with E-state index >= 15 is 0 Å². The Morgan fingerprint density at radius 2 is 1.92 bits per heavy atom. The molecule has 1 atom stereocenters. The number of benzene rings is 2. The van der Waals surface area contributed by atoms with E-state index in [1.54, 1.807) is 36.4 Å². The van der Waals surface area contributed by atoms with Crippen LogP contribution in [0.4, 0.5) is 11.4 Å². The summed E-state index contributed by atoms with van der Waals surface area (Å²) in [4.78, 5) is 12.7. The molecule has 5 N–H and O–H groups in total. The highest BCUT2D eigenvalue weighted by molar-refractivity contribution is 6.42. The Hall–Kier alpha value is -2.08. The monoisotopic (exact) mass is 377 g/mol. The van der Waals surface area contributed by atoms with Crippen molar-refractivity contribution < 1.29 is 4.79 Å². The van der Waals surface area contributed by atoms with Crippen LogP contribution in [0.25, 0.3) is 5.41 Å². The van der Waals surface area contributed by atoms with Gasteiger partial charge in [-0.1, -0.05) is 36.2 Å². The number of nitrogens with one attached hydrogen (secondary N) is 1. The molecule has 1 unspecified atom stereocenters. The molecular weight excluding hydrogens is 359 g/mol. The number of halogens is 2. The summed E-state index contributed by atoms with van der Waals surface area (Å²) in [5.74, 6) is -0.699. The number of carbonyl (C=O) groups is 1. The van der Waals surface area contributed by atoms with Gasteiger partial charge in [-0.15, -0.1) is 0 Å². The fourth-order valence-electron chi connectivity index (χ4n) is 2.52. The lowest BCUT2D eigenvalue weighted by Crippen LogP contribution is -2.23. The van der Waals surface area contributed by atoms with Crippen molar-refractivity contribution >= 4 is 46.2 Å². The molecule has 2 aromatic rings. The standard InChI is InChI=1S/C18H19Cl2N4O/c1-10(22)14-9-12(3-5-17(14)23)24-18(25)13(6-7-21)11-2-4-15(19)16(20)8-11/h2-5,8-9,13H,6-7,21,23H2,1H3,(H,24,25)/q-1. The summed E-state index contributed by atoms with van der Waals surface area (Å²) in [7, 11) is 0. The molecule has 0 heterocycles. The highest BCUT2D eigenvalue weighted by Crippen LogP contribution is 2.29. The molecule has 2 aromatic carbocycles. The molecule has 0 radical (unpaired) electrons. The third kappa shape index (κ3) is 4.72. The largest absolute Gasteiger partial charge is 0.807 e. The molecule has 0 saturated heterocycles. The SMILES string of the molecule is CC(=[N-])c1cc(NC(=O)C(CCN)c2ccc(Cl)c(Cl)c2)ccc1N. The quantitative estimate of drug-likeness (QED) is 0.522. The Kier molecular flexibility index (Phi) is 6.42. The first kappa shape index (κ1) is 19.2. The van der Waals surface area contributed by atoms with Gasteiger partial charge >= 0.3 is 0 Å². The minimum atomic E-state index is -0.472. The number of carbonyl (C=O) groups excluding carboxylic acids is 1. The molecule has 0 spiro atoms. The molecule has 0 aromatic heterocycles. The van der Waals surface area contributed by atoms with Crippen molar-refractivity contribution in [3.8, 4) is 0 Å². The fraction of sp³-hybridized carbons (Fsp3) is 0.222. The van der Waals surface area contributed by atoms with Gasteiger partial charge in [0.2, 0.25) is 5.91 Å². The first-order valence-electron chi connectivity index (χ1n) is 7.71. The van der Waals surface area contributed by atoms with Crippen LogP contribution in [-0.4, -0.2) is 18.2 Å². The van der Waals surface area contributed by atoms with E-state index in [4.69, 9.17) is 34.7 Å². The number of hydrogen-bond acceptors (Lipinski definition) is 3. The van der Waals surface area contributed by atoms with Crippen molar-refractivity contribution in [1.82, 2.24) is 0 Å². The van der Waals surface area contributed by atoms with E-state index in [0.29, 0.717) is 39.9 Å². The molecule has 1 amide bonds. The topological polar surface area (TPSA) is 103 Å². The Labute approximate surface area is 156 Å². The summed E-state index contributed by atoms with van der Waals surface area (Å²) in [5.41, 5.74) is 13.7. The van der Waals surface area contributed by atoms with Crippen molar-refractivity contribution in [2.75, 3.05) is 17.6 Å². The van der Waals surface area contributed by atoms with Gasteiger partial charge in [0.25, 0.3) is 0 Å². The van der Waals surface area contributed by atoms with Crippen LogP contribution in [0.5, 0.6) is 0 Å². The second-order valence-electron chi connectivity index (χ2n) is 5.68. The van der Waals surface area contributed by atoms with E-state index in [-0.39, 0.29) is 11.6 Å². The number of nitrogens with zero attached hydrogens (tertiary/aromatic N) is 1. The normalized spacial score (nSPS) is 11.8. The molecule has 132 valence electrons. The van der Waals surface area contributed by atoms with E-state index in [9.17, 15) is 10.2 Å². The smallest absolute Gasteiger partial charge is 0.231 e. The highest BCUT2D eigenvalue weighted by atomic mass is 35.5. The molecule has 0 aliphatic rings. The van der Waals surface area contributed by atoms with Gasteiger partial charge in [0, 0.05) is 11.4 Å². The minimum absolute atomic E-state index is 0.0802. The minimum Gasteiger partial charge on any atom is -0.807 e. The number of nitrogens with two attached hydrogens (primary N) is 2. The number of nitrogen functional groups attached to an aromatic ring is 1. The van der Waals surface area contributed by atoms with Crippen molar-refractivity contribution in [2.24, 2.45) is 5.73 Å². The zero-order chi connectivity index (χ0) is 18.6. The molecule has 0 aliphatic carbocycles. The van der Waals surface area contributed by atoms with E-state index in [1.807, 2.05) is 0 Å². The van der Waals surface area contributed by atoms with Crippen molar-refractivity contribution in [3.05, 3.63) is 63.0 Å². The highest BCUT2D eigenvalue weighted by Gasteiger charge is 2.21. The van der Waals surface area contributed by atoms with E-state index in [1.165, 1.54) is 6.92 Å². The average molecular weight is 378 g/mol. The molecule has 25 heavy (non-hydrogen) atoms. The Balaban J connectivity index is 2.27. The van der Waals surface area contributed by atoms with Crippen LogP contribution in [-0.2, 0) is 4.79 Å². The number of rotatable bonds is 6. The molecule has 0 fully saturated rings. The van der Waals surface area contributed by atoms with Gasteiger partial charge in [-0.2, -0.15) is 5.71 Å². The summed E-state index contributed by atoms with van der Waals surface area (Å²) in [5, 5.41) is 13.3. The zero-order valence-corrected chi connectivity index (χ0v) is 15.2. The van der Waals surface area contributed by atoms with E-state index < -0.39 is 5.92 Å². The molecule has 0 bridgehead atoms. The maximum Gasteiger partial charge on any atom is 0.231 e. The first-order chi connectivity index (χ1) is 11.8. The van der Waals surface area contributed by atoms with Crippen LogP contribution in [0.15, 0.2) is 36.4 Å². The van der Waals surface area contributed by atoms with Gasteiger partial charge in [0.1, 0.15) is 0 Å². The lowest BCUT2D eigenvalue weighted by Gasteiger charge is -2.18. The lowest BCUT2D eigenvalue weighted by molar-refractivity contribution is -0.117. The van der Waals surface area contributed by atoms with Crippen molar-refractivity contribution in [1.29, 1.82) is 0 Å². The van der Waals surface area contributed by atoms with E-state index in [2.05, 4.69) is 5.32 Å². The summed E-state index contributed by atoms with van der Waals surface area (Å²) < 4.78 is 0. The molecule has 2 rings (SSSR count). The van der Waals surface area contributed by atoms with Crippen molar-refractivity contribution in [3.63, 3.8) is 0 Å². The van der Waals surface area contributed by atoms with Gasteiger partial charge in [-0.05, 0) is 54.4 Å². The summed E-state index contributed by atoms with van der Waals surface area (Å²) in [6.07, 6.45) is 0.455. The molecule has 0 aliphatic heterocycles. The summed E-state index contributed by atoms with van der Waals surface area (Å²) >= 11 is 12.0. The Morgan fingerprint density at radius 1 is 1.20 bits per heavy atom. The summed E-state index contributed by atoms with van der Waals surface area (Å²) in [6.45, 7) is 1.87. The average Bonchev–Trinajstić information content (AvgIpc) is 2.56. The number of hydrogen-bond donors (Lipinski definition) is 3. The van der Waals surface area contributed by atoms with Gasteiger partial charge in [0.15, 0.2) is 0 Å². The van der Waals surface area contributed by atoms with Gasteiger partial charge < -0.3 is 22.2 Å². The molecule has 0 saturated carbocycles. The van der Waals surface area contributed by atoms with Crippen LogP contribution in [0.3, 0.4) is 0 Å². The number of amides is 1. The molecule has 5 nitrogen and oxygen atoms in total. The van der Waals surface area contributed by atoms with Crippen LogP contribution in [0.2, 0.25) is 10.0 Å². The predicted octanol–water partition coefficient (Wildman–Crippen LogP) is 4.03. The van der Waals surface area contributed by atoms with E-state index in [0.717, 1.165) is 5.56 Å². The van der Waals surface area contributed by atoms with Crippen molar-refractivity contribution in [2.45, 2.75) is 19.3 Å². The zero-order valence-electron chi connectivity index (χ0n) is 13.7. The van der Waals surface area contributed by atoms with Gasteiger partial charge in [-0.3, -0.25) is 4.79 Å². The van der Waals surface area contributed by atoms with Crippen LogP contribution in [0.1, 0.15) is 30.4 Å². The maximum atomic E-state index is 12.7. The molecular formula is C18H19Cl2N4O-. The second-order valence-corrected chi connectivity index (χ2v) is 6.49. The van der Waals surface area contributed by atoms with Crippen LogP contribution in [0, 0.1) is 0 Å². The number of anilines is 2. The fourth-order valence-corrected chi connectivity index (χ4v) is 2.83. The van der Waals surface area contributed by atoms with Gasteiger partial charge in [0.05, 0.1) is 16.0 Å². The first-order valence-corrected chi connectivity index (χ1v) is 8.47. The predicted molar refractivity (Wildman–Crippen MR) is 106 cm³/mol.